The third kappa shape index (κ3) is 4.25. The lowest BCUT2D eigenvalue weighted by atomic mass is 9.82. The van der Waals surface area contributed by atoms with E-state index < -0.39 is 5.91 Å². The topological polar surface area (TPSA) is 91.4 Å². The normalized spacial score (nSPS) is 21.1. The number of benzene rings is 2. The van der Waals surface area contributed by atoms with Crippen LogP contribution in [-0.2, 0) is 0 Å². The van der Waals surface area contributed by atoms with Crippen LogP contribution in [-0.4, -0.2) is 53.3 Å². The van der Waals surface area contributed by atoms with Crippen LogP contribution >= 0.6 is 0 Å². The van der Waals surface area contributed by atoms with E-state index in [0.717, 1.165) is 48.6 Å². The maximum absolute atomic E-state index is 12.9. The van der Waals surface area contributed by atoms with Crippen LogP contribution in [0.4, 0.5) is 0 Å². The highest BCUT2D eigenvalue weighted by atomic mass is 16.2. The number of carbonyl (C=O) groups excluding carboxylic acids is 2. The van der Waals surface area contributed by atoms with Crippen molar-refractivity contribution in [2.24, 2.45) is 21.1 Å². The molecule has 1 unspecified atom stereocenters. The summed E-state index contributed by atoms with van der Waals surface area (Å²) >= 11 is 0. The number of primary amides is 1. The smallest absolute Gasteiger partial charge is 0.253 e. The molecule has 7 heteroatoms. The van der Waals surface area contributed by atoms with Crippen molar-refractivity contribution in [2.45, 2.75) is 32.7 Å². The molecule has 1 fully saturated rings. The molecule has 0 aromatic heterocycles. The Kier molecular flexibility index (Phi) is 5.55. The number of nitrogens with two attached hydrogens (primary N) is 1. The Morgan fingerprint density at radius 1 is 0.971 bits per heavy atom. The molecular formula is C27H29N5O2. The van der Waals surface area contributed by atoms with Crippen molar-refractivity contribution < 1.29 is 9.59 Å². The minimum atomic E-state index is -0.437. The molecule has 174 valence electrons. The summed E-state index contributed by atoms with van der Waals surface area (Å²) in [6, 6.07) is 15.1. The van der Waals surface area contributed by atoms with Crippen LogP contribution in [0, 0.1) is 5.41 Å². The van der Waals surface area contributed by atoms with E-state index in [0.29, 0.717) is 23.1 Å². The van der Waals surface area contributed by atoms with Crippen molar-refractivity contribution in [1.82, 2.24) is 9.80 Å². The number of likely N-dealkylation sites (tertiary alicyclic amines) is 1. The maximum atomic E-state index is 12.9. The lowest BCUT2D eigenvalue weighted by molar-refractivity contribution is 0.0630. The molecule has 1 saturated heterocycles. The number of amidine groups is 1. The molecule has 3 heterocycles. The molecule has 2 aromatic carbocycles. The first-order chi connectivity index (χ1) is 16.3. The molecule has 2 N–H and O–H groups in total. The molecule has 7 nitrogen and oxygen atoms in total. The number of hydrogen-bond donors (Lipinski definition) is 1. The Morgan fingerprint density at radius 2 is 1.62 bits per heavy atom. The largest absolute Gasteiger partial charge is 0.366 e. The molecule has 3 aliphatic rings. The SMILES string of the molecule is CC1(C)CCN(C(=O)c2ccc(C3=CN4C(=NCC4c4ccc(C(N)=O)cc4)C=N3)cc2)CC1. The fraction of sp³-hybridized carbons (Fsp3) is 0.333. The third-order valence-electron chi connectivity index (χ3n) is 7.02. The molecule has 0 radical (unpaired) electrons. The number of carbonyl (C=O) groups is 2. The summed E-state index contributed by atoms with van der Waals surface area (Å²) in [4.78, 5) is 37.6. The van der Waals surface area contributed by atoms with E-state index in [-0.39, 0.29) is 11.9 Å². The van der Waals surface area contributed by atoms with E-state index in [2.05, 4.69) is 28.7 Å². The number of aliphatic imine (C=N–C) groups is 2. The second kappa shape index (κ2) is 8.56. The van der Waals surface area contributed by atoms with E-state index in [1.54, 1.807) is 18.3 Å². The van der Waals surface area contributed by atoms with Crippen LogP contribution in [0.15, 0.2) is 64.7 Å². The monoisotopic (exact) mass is 455 g/mol. The number of amides is 2. The fourth-order valence-electron chi connectivity index (χ4n) is 4.63. The number of nitrogens with zero attached hydrogens (tertiary/aromatic N) is 4. The summed E-state index contributed by atoms with van der Waals surface area (Å²) < 4.78 is 0. The predicted molar refractivity (Wildman–Crippen MR) is 134 cm³/mol. The Morgan fingerprint density at radius 3 is 2.26 bits per heavy atom. The lowest BCUT2D eigenvalue weighted by Crippen LogP contribution is -2.41. The van der Waals surface area contributed by atoms with Gasteiger partial charge in [0, 0.05) is 36.0 Å². The molecule has 1 atom stereocenters. The van der Waals surface area contributed by atoms with E-state index in [1.807, 2.05) is 47.5 Å². The summed E-state index contributed by atoms with van der Waals surface area (Å²) in [5, 5.41) is 0. The van der Waals surface area contributed by atoms with E-state index in [4.69, 9.17) is 5.73 Å². The van der Waals surface area contributed by atoms with Crippen molar-refractivity contribution in [3.05, 3.63) is 77.0 Å². The van der Waals surface area contributed by atoms with Gasteiger partial charge in [0.05, 0.1) is 24.5 Å². The van der Waals surface area contributed by atoms with Crippen molar-refractivity contribution in [1.29, 1.82) is 0 Å². The first-order valence-corrected chi connectivity index (χ1v) is 11.7. The average Bonchev–Trinajstić information content (AvgIpc) is 3.27. The molecule has 0 aliphatic carbocycles. The molecule has 0 spiro atoms. The molecule has 5 rings (SSSR count). The molecule has 3 aliphatic heterocycles. The zero-order valence-corrected chi connectivity index (χ0v) is 19.6. The van der Waals surface area contributed by atoms with Crippen molar-refractivity contribution >= 4 is 29.6 Å². The molecule has 2 aromatic rings. The Hall–Kier alpha value is -3.74. The van der Waals surface area contributed by atoms with Gasteiger partial charge in [-0.1, -0.05) is 38.1 Å². The summed E-state index contributed by atoms with van der Waals surface area (Å²) in [7, 11) is 0. The van der Waals surface area contributed by atoms with Crippen LogP contribution in [0.5, 0.6) is 0 Å². The standard InChI is InChI=1S/C27H29N5O2/c1-27(2)11-13-31(14-12-27)26(34)21-9-3-18(4-10-21)22-17-32-23(15-30-24(32)16-29-22)19-5-7-20(8-6-19)25(28)33/h3-10,16-17,23H,11-15H2,1-2H3,(H2,28,33). The maximum Gasteiger partial charge on any atom is 0.253 e. The van der Waals surface area contributed by atoms with Gasteiger partial charge in [0.1, 0.15) is 5.84 Å². The second-order valence-electron chi connectivity index (χ2n) is 9.91. The third-order valence-corrected chi connectivity index (χ3v) is 7.02. The number of fused-ring (bicyclic) bond motifs is 1. The fourth-order valence-corrected chi connectivity index (χ4v) is 4.63. The quantitative estimate of drug-likeness (QED) is 0.758. The van der Waals surface area contributed by atoms with Crippen molar-refractivity contribution in [2.75, 3.05) is 19.6 Å². The summed E-state index contributed by atoms with van der Waals surface area (Å²) in [6.07, 6.45) is 5.85. The molecule has 2 amide bonds. The van der Waals surface area contributed by atoms with Crippen molar-refractivity contribution in [3.63, 3.8) is 0 Å². The summed E-state index contributed by atoms with van der Waals surface area (Å²) in [6.45, 7) is 6.75. The van der Waals surface area contributed by atoms with E-state index in [1.165, 1.54) is 0 Å². The van der Waals surface area contributed by atoms with Crippen molar-refractivity contribution in [3.8, 4) is 0 Å². The van der Waals surface area contributed by atoms with Crippen LogP contribution in [0.25, 0.3) is 5.70 Å². The van der Waals surface area contributed by atoms with Gasteiger partial charge >= 0.3 is 0 Å². The second-order valence-corrected chi connectivity index (χ2v) is 9.91. The van der Waals surface area contributed by atoms with Crippen LogP contribution in [0.2, 0.25) is 0 Å². The summed E-state index contributed by atoms with van der Waals surface area (Å²) in [5.74, 6) is 0.470. The van der Waals surface area contributed by atoms with Gasteiger partial charge in [0.2, 0.25) is 5.91 Å². The van der Waals surface area contributed by atoms with Gasteiger partial charge in [-0.05, 0) is 48.1 Å². The van der Waals surface area contributed by atoms with Gasteiger partial charge in [-0.15, -0.1) is 0 Å². The van der Waals surface area contributed by atoms with Crippen LogP contribution in [0.3, 0.4) is 0 Å². The molecule has 34 heavy (non-hydrogen) atoms. The Bertz CT molecular complexity index is 1200. The highest BCUT2D eigenvalue weighted by Crippen LogP contribution is 2.32. The van der Waals surface area contributed by atoms with Gasteiger partial charge in [0.15, 0.2) is 0 Å². The highest BCUT2D eigenvalue weighted by molar-refractivity contribution is 6.32. The number of hydrogen-bond acceptors (Lipinski definition) is 5. The van der Waals surface area contributed by atoms with Gasteiger partial charge < -0.3 is 15.5 Å². The minimum absolute atomic E-state index is 0.0304. The van der Waals surface area contributed by atoms with Gasteiger partial charge in [-0.25, -0.2) is 0 Å². The van der Waals surface area contributed by atoms with E-state index in [9.17, 15) is 9.59 Å². The molecule has 0 bridgehead atoms. The highest BCUT2D eigenvalue weighted by Gasteiger charge is 2.30. The van der Waals surface area contributed by atoms with Crippen LogP contribution in [0.1, 0.15) is 64.6 Å². The zero-order valence-electron chi connectivity index (χ0n) is 19.6. The van der Waals surface area contributed by atoms with Gasteiger partial charge in [-0.3, -0.25) is 19.6 Å². The lowest BCUT2D eigenvalue weighted by Gasteiger charge is -2.37. The molecule has 0 saturated carbocycles. The minimum Gasteiger partial charge on any atom is -0.366 e. The zero-order chi connectivity index (χ0) is 23.9. The average molecular weight is 456 g/mol. The Labute approximate surface area is 199 Å². The first kappa shape index (κ1) is 22.1. The molecular weight excluding hydrogens is 426 g/mol. The number of rotatable bonds is 4. The van der Waals surface area contributed by atoms with E-state index >= 15 is 0 Å². The first-order valence-electron chi connectivity index (χ1n) is 11.7. The number of piperidine rings is 1. The van der Waals surface area contributed by atoms with Crippen LogP contribution < -0.4 is 5.73 Å². The van der Waals surface area contributed by atoms with Gasteiger partial charge in [-0.2, -0.15) is 0 Å². The Balaban J connectivity index is 1.32. The predicted octanol–water partition coefficient (Wildman–Crippen LogP) is 3.89. The summed E-state index contributed by atoms with van der Waals surface area (Å²) in [5.41, 5.74) is 9.69. The van der Waals surface area contributed by atoms with Gasteiger partial charge in [0.25, 0.3) is 5.91 Å².